The van der Waals surface area contributed by atoms with Gasteiger partial charge in [0.25, 0.3) is 5.91 Å². The summed E-state index contributed by atoms with van der Waals surface area (Å²) in [6.45, 7) is 0.839. The molecule has 0 bridgehead atoms. The first-order chi connectivity index (χ1) is 6.20. The normalized spacial score (nSPS) is 15.8. The molecule has 2 nitrogen and oxygen atoms in total. The summed E-state index contributed by atoms with van der Waals surface area (Å²) in [4.78, 5) is 13.5. The lowest BCUT2D eigenvalue weighted by atomic mass is 10.00. The van der Waals surface area contributed by atoms with Gasteiger partial charge in [0.05, 0.1) is 0 Å². The molecule has 13 heavy (non-hydrogen) atoms. The van der Waals surface area contributed by atoms with Crippen LogP contribution in [-0.2, 0) is 6.42 Å². The van der Waals surface area contributed by atoms with Gasteiger partial charge in [0.15, 0.2) is 0 Å². The van der Waals surface area contributed by atoms with Crippen LogP contribution in [0.5, 0.6) is 0 Å². The molecule has 68 valence electrons. The molecule has 0 saturated carbocycles. The molecule has 0 saturated heterocycles. The summed E-state index contributed by atoms with van der Waals surface area (Å²) in [6, 6.07) is 5.91. The average Bonchev–Trinajstić information content (AvgIpc) is 2.12. The van der Waals surface area contributed by atoms with Crippen molar-refractivity contribution in [3.63, 3.8) is 0 Å². The van der Waals surface area contributed by atoms with Crippen molar-refractivity contribution in [1.82, 2.24) is 4.90 Å². The van der Waals surface area contributed by atoms with E-state index in [0.29, 0.717) is 0 Å². The molecule has 1 aromatic carbocycles. The van der Waals surface area contributed by atoms with E-state index in [4.69, 9.17) is 0 Å². The van der Waals surface area contributed by atoms with Crippen LogP contribution in [0, 0.1) is 3.57 Å². The lowest BCUT2D eigenvalue weighted by Crippen LogP contribution is -2.34. The van der Waals surface area contributed by atoms with Gasteiger partial charge in [-0.25, -0.2) is 0 Å². The zero-order valence-corrected chi connectivity index (χ0v) is 9.54. The number of carbonyl (C=O) groups is 1. The fourth-order valence-corrected chi connectivity index (χ4v) is 2.37. The second-order valence-corrected chi connectivity index (χ2v) is 4.40. The Morgan fingerprint density at radius 1 is 1.46 bits per heavy atom. The largest absolute Gasteiger partial charge is 0.341 e. The minimum absolute atomic E-state index is 0.153. The maximum atomic E-state index is 11.7. The number of benzene rings is 1. The zero-order valence-electron chi connectivity index (χ0n) is 7.38. The van der Waals surface area contributed by atoms with E-state index < -0.39 is 0 Å². The van der Waals surface area contributed by atoms with E-state index in [-0.39, 0.29) is 5.91 Å². The fourth-order valence-electron chi connectivity index (χ4n) is 1.60. The lowest BCUT2D eigenvalue weighted by molar-refractivity contribution is 0.0780. The first-order valence-corrected chi connectivity index (χ1v) is 5.31. The molecule has 1 aromatic rings. The van der Waals surface area contributed by atoms with E-state index in [0.717, 1.165) is 18.5 Å². The molecule has 1 amide bonds. The molecule has 3 heteroatoms. The van der Waals surface area contributed by atoms with Gasteiger partial charge < -0.3 is 4.90 Å². The Bertz CT molecular complexity index is 362. The first-order valence-electron chi connectivity index (χ1n) is 4.23. The standard InChI is InChI=1S/C10H10INO/c1-12-6-5-7-8(10(12)13)3-2-4-9(7)11/h2-4H,5-6H2,1H3. The van der Waals surface area contributed by atoms with Crippen molar-refractivity contribution in [3.05, 3.63) is 32.9 Å². The summed E-state index contributed by atoms with van der Waals surface area (Å²) >= 11 is 2.29. The van der Waals surface area contributed by atoms with Crippen LogP contribution >= 0.6 is 22.6 Å². The molecular weight excluding hydrogens is 277 g/mol. The molecule has 0 aliphatic carbocycles. The van der Waals surface area contributed by atoms with Crippen molar-refractivity contribution < 1.29 is 4.79 Å². The summed E-state index contributed by atoms with van der Waals surface area (Å²) in [6.07, 6.45) is 0.983. The monoisotopic (exact) mass is 287 g/mol. The number of nitrogens with zero attached hydrogens (tertiary/aromatic N) is 1. The van der Waals surface area contributed by atoms with E-state index in [9.17, 15) is 4.79 Å². The maximum absolute atomic E-state index is 11.7. The number of fused-ring (bicyclic) bond motifs is 1. The van der Waals surface area contributed by atoms with E-state index in [1.54, 1.807) is 4.90 Å². The Morgan fingerprint density at radius 2 is 2.23 bits per heavy atom. The SMILES string of the molecule is CN1CCc2c(I)cccc2C1=O. The van der Waals surface area contributed by atoms with Gasteiger partial charge in [0.1, 0.15) is 0 Å². The summed E-state index contributed by atoms with van der Waals surface area (Å²) in [5, 5.41) is 0. The quantitative estimate of drug-likeness (QED) is 0.668. The van der Waals surface area contributed by atoms with Crippen molar-refractivity contribution in [2.75, 3.05) is 13.6 Å². The number of likely N-dealkylation sites (N-methyl/N-ethyl adjacent to an activating group) is 1. The molecule has 1 heterocycles. The molecule has 1 aliphatic rings. The van der Waals surface area contributed by atoms with Crippen LogP contribution < -0.4 is 0 Å². The molecule has 1 aliphatic heterocycles. The Labute approximate surface area is 91.1 Å². The number of halogens is 1. The summed E-state index contributed by atoms with van der Waals surface area (Å²) < 4.78 is 1.21. The Kier molecular flexibility index (Phi) is 2.27. The highest BCUT2D eigenvalue weighted by molar-refractivity contribution is 14.1. The van der Waals surface area contributed by atoms with Crippen LogP contribution in [0.15, 0.2) is 18.2 Å². The molecule has 0 spiro atoms. The van der Waals surface area contributed by atoms with Crippen molar-refractivity contribution in [2.45, 2.75) is 6.42 Å². The first kappa shape index (κ1) is 8.99. The minimum Gasteiger partial charge on any atom is -0.341 e. The lowest BCUT2D eigenvalue weighted by Gasteiger charge is -2.25. The van der Waals surface area contributed by atoms with Crippen molar-refractivity contribution in [3.8, 4) is 0 Å². The molecule has 0 aromatic heterocycles. The molecule has 0 fully saturated rings. The molecule has 0 unspecified atom stereocenters. The summed E-state index contributed by atoms with van der Waals surface area (Å²) in [5.41, 5.74) is 2.09. The third-order valence-electron chi connectivity index (χ3n) is 2.39. The van der Waals surface area contributed by atoms with E-state index >= 15 is 0 Å². The van der Waals surface area contributed by atoms with Gasteiger partial charge in [0.2, 0.25) is 0 Å². The van der Waals surface area contributed by atoms with Crippen molar-refractivity contribution in [1.29, 1.82) is 0 Å². The second-order valence-electron chi connectivity index (χ2n) is 3.24. The number of hydrogen-bond acceptors (Lipinski definition) is 1. The Balaban J connectivity index is 2.55. The topological polar surface area (TPSA) is 20.3 Å². The fraction of sp³-hybridized carbons (Fsp3) is 0.300. The number of rotatable bonds is 0. The summed E-state index contributed by atoms with van der Waals surface area (Å²) in [5.74, 6) is 0.153. The highest BCUT2D eigenvalue weighted by Gasteiger charge is 2.22. The van der Waals surface area contributed by atoms with E-state index in [2.05, 4.69) is 28.7 Å². The molecule has 0 N–H and O–H groups in total. The Morgan fingerprint density at radius 3 is 3.00 bits per heavy atom. The molecular formula is C10H10INO. The number of hydrogen-bond donors (Lipinski definition) is 0. The molecule has 2 rings (SSSR count). The van der Waals surface area contributed by atoms with E-state index in [1.807, 2.05) is 19.2 Å². The maximum Gasteiger partial charge on any atom is 0.253 e. The molecule has 0 radical (unpaired) electrons. The van der Waals surface area contributed by atoms with Crippen LogP contribution in [0.25, 0.3) is 0 Å². The van der Waals surface area contributed by atoms with Crippen molar-refractivity contribution >= 4 is 28.5 Å². The van der Waals surface area contributed by atoms with Crippen LogP contribution in [0.4, 0.5) is 0 Å². The van der Waals surface area contributed by atoms with Crippen LogP contribution in [0.3, 0.4) is 0 Å². The van der Waals surface area contributed by atoms with Gasteiger partial charge in [-0.3, -0.25) is 4.79 Å². The minimum atomic E-state index is 0.153. The molecule has 0 atom stereocenters. The predicted molar refractivity (Wildman–Crippen MR) is 59.8 cm³/mol. The van der Waals surface area contributed by atoms with Crippen LogP contribution in [0.1, 0.15) is 15.9 Å². The number of carbonyl (C=O) groups excluding carboxylic acids is 1. The van der Waals surface area contributed by atoms with Gasteiger partial charge in [0, 0.05) is 22.7 Å². The second kappa shape index (κ2) is 3.29. The van der Waals surface area contributed by atoms with Gasteiger partial charge in [-0.15, -0.1) is 0 Å². The van der Waals surface area contributed by atoms with Gasteiger partial charge >= 0.3 is 0 Å². The average molecular weight is 287 g/mol. The zero-order chi connectivity index (χ0) is 9.42. The highest BCUT2D eigenvalue weighted by atomic mass is 127. The third kappa shape index (κ3) is 1.45. The van der Waals surface area contributed by atoms with Crippen molar-refractivity contribution in [2.24, 2.45) is 0 Å². The number of amides is 1. The predicted octanol–water partition coefficient (Wildman–Crippen LogP) is 1.92. The van der Waals surface area contributed by atoms with Gasteiger partial charge in [-0.1, -0.05) is 6.07 Å². The third-order valence-corrected chi connectivity index (χ3v) is 3.40. The van der Waals surface area contributed by atoms with Gasteiger partial charge in [-0.2, -0.15) is 0 Å². The van der Waals surface area contributed by atoms with Crippen LogP contribution in [-0.4, -0.2) is 24.4 Å². The van der Waals surface area contributed by atoms with Crippen LogP contribution in [0.2, 0.25) is 0 Å². The Hall–Kier alpha value is -0.580. The highest BCUT2D eigenvalue weighted by Crippen LogP contribution is 2.22. The summed E-state index contributed by atoms with van der Waals surface area (Å²) in [7, 11) is 1.85. The smallest absolute Gasteiger partial charge is 0.253 e. The van der Waals surface area contributed by atoms with E-state index in [1.165, 1.54) is 9.13 Å². The van der Waals surface area contributed by atoms with Gasteiger partial charge in [-0.05, 0) is 46.7 Å².